The molecule has 4 nitrogen and oxygen atoms in total. The van der Waals surface area contributed by atoms with Crippen molar-refractivity contribution >= 4 is 34.5 Å². The number of halogens is 1. The van der Waals surface area contributed by atoms with Crippen molar-refractivity contribution in [3.8, 4) is 34.3 Å². The van der Waals surface area contributed by atoms with Crippen LogP contribution in [0.3, 0.4) is 0 Å². The molecule has 0 aliphatic carbocycles. The lowest BCUT2D eigenvalue weighted by Gasteiger charge is -2.12. The Morgan fingerprint density at radius 2 is 1.45 bits per heavy atom. The highest BCUT2D eigenvalue weighted by Gasteiger charge is 2.22. The Kier molecular flexibility index (Phi) is 7.13. The van der Waals surface area contributed by atoms with E-state index in [4.69, 9.17) is 25.7 Å². The maximum atomic E-state index is 10.3. The van der Waals surface area contributed by atoms with Crippen LogP contribution in [0.2, 0.25) is 5.02 Å². The van der Waals surface area contributed by atoms with Gasteiger partial charge in [-0.05, 0) is 40.1 Å². The van der Waals surface area contributed by atoms with E-state index >= 15 is 0 Å². The van der Waals surface area contributed by atoms with Crippen LogP contribution in [-0.4, -0.2) is 6.21 Å². The number of benzene rings is 5. The molecule has 40 heavy (non-hydrogen) atoms. The molecule has 0 fully saturated rings. The first kappa shape index (κ1) is 25.2. The standard InChI is InChI=1S/C35H23ClN2O2/c36-28-18-15-24(16-19-28)23-39-32-20-17-25-9-7-8-14-29(25)31(32)22-38-35-30(21-37)33(26-10-3-1-4-11-26)34(40-35)27-12-5-2-6-13-27/h1-20,22H,23H2. The summed E-state index contributed by atoms with van der Waals surface area (Å²) in [6.07, 6.45) is 1.72. The zero-order valence-electron chi connectivity index (χ0n) is 21.4. The lowest BCUT2D eigenvalue weighted by atomic mass is 9.98. The summed E-state index contributed by atoms with van der Waals surface area (Å²) in [5.41, 5.74) is 4.66. The van der Waals surface area contributed by atoms with Gasteiger partial charge in [-0.2, -0.15) is 5.26 Å². The third kappa shape index (κ3) is 5.11. The summed E-state index contributed by atoms with van der Waals surface area (Å²) in [4.78, 5) is 4.75. The molecule has 0 aliphatic rings. The second kappa shape index (κ2) is 11.3. The van der Waals surface area contributed by atoms with Gasteiger partial charge in [0.05, 0.1) is 0 Å². The molecule has 0 saturated carbocycles. The highest BCUT2D eigenvalue weighted by atomic mass is 35.5. The fourth-order valence-electron chi connectivity index (χ4n) is 4.69. The van der Waals surface area contributed by atoms with E-state index < -0.39 is 0 Å². The zero-order valence-corrected chi connectivity index (χ0v) is 22.2. The van der Waals surface area contributed by atoms with Gasteiger partial charge in [-0.3, -0.25) is 0 Å². The van der Waals surface area contributed by atoms with Crippen LogP contribution >= 0.6 is 11.6 Å². The maximum absolute atomic E-state index is 10.3. The van der Waals surface area contributed by atoms with Crippen LogP contribution in [0.4, 0.5) is 5.88 Å². The van der Waals surface area contributed by atoms with Gasteiger partial charge >= 0.3 is 0 Å². The minimum atomic E-state index is 0.247. The number of fused-ring (bicyclic) bond motifs is 1. The maximum Gasteiger partial charge on any atom is 0.238 e. The number of nitriles is 1. The fourth-order valence-corrected chi connectivity index (χ4v) is 4.81. The second-order valence-electron chi connectivity index (χ2n) is 9.20. The summed E-state index contributed by atoms with van der Waals surface area (Å²) >= 11 is 6.04. The normalized spacial score (nSPS) is 11.1. The van der Waals surface area contributed by atoms with Gasteiger partial charge in [0, 0.05) is 27.9 Å². The average Bonchev–Trinajstić information content (AvgIpc) is 3.39. The molecule has 0 N–H and O–H groups in total. The van der Waals surface area contributed by atoms with E-state index in [0.29, 0.717) is 28.7 Å². The van der Waals surface area contributed by atoms with Crippen LogP contribution in [-0.2, 0) is 6.61 Å². The summed E-state index contributed by atoms with van der Waals surface area (Å²) < 4.78 is 12.6. The molecular formula is C35H23ClN2O2. The van der Waals surface area contributed by atoms with Crippen LogP contribution in [0.25, 0.3) is 33.2 Å². The number of nitrogens with zero attached hydrogens (tertiary/aromatic N) is 2. The molecule has 1 heterocycles. The highest BCUT2D eigenvalue weighted by molar-refractivity contribution is 6.30. The van der Waals surface area contributed by atoms with Crippen molar-refractivity contribution < 1.29 is 9.15 Å². The predicted molar refractivity (Wildman–Crippen MR) is 161 cm³/mol. The van der Waals surface area contributed by atoms with E-state index in [1.807, 2.05) is 121 Å². The minimum Gasteiger partial charge on any atom is -0.488 e. The molecule has 0 aliphatic heterocycles. The van der Waals surface area contributed by atoms with Gasteiger partial charge in [-0.1, -0.05) is 115 Å². The summed E-state index contributed by atoms with van der Waals surface area (Å²) in [5.74, 6) is 1.53. The molecule has 0 amide bonds. The molecule has 0 radical (unpaired) electrons. The monoisotopic (exact) mass is 538 g/mol. The number of ether oxygens (including phenoxy) is 1. The molecule has 0 saturated heterocycles. The Labute approximate surface area is 237 Å². The van der Waals surface area contributed by atoms with Crippen LogP contribution in [0, 0.1) is 11.3 Å². The molecule has 1 aromatic heterocycles. The lowest BCUT2D eigenvalue weighted by Crippen LogP contribution is -1.99. The van der Waals surface area contributed by atoms with Crippen LogP contribution in [0.15, 0.2) is 131 Å². The molecule has 192 valence electrons. The molecule has 0 unspecified atom stereocenters. The Balaban J connectivity index is 1.45. The predicted octanol–water partition coefficient (Wildman–Crippen LogP) is 9.62. The number of furan rings is 1. The van der Waals surface area contributed by atoms with Crippen LogP contribution < -0.4 is 4.74 Å². The van der Waals surface area contributed by atoms with Crippen molar-refractivity contribution in [1.29, 1.82) is 5.26 Å². The summed E-state index contributed by atoms with van der Waals surface area (Å²) in [5, 5.41) is 13.0. The number of aliphatic imine (C=N–C) groups is 1. The van der Waals surface area contributed by atoms with Gasteiger partial charge in [0.2, 0.25) is 5.88 Å². The van der Waals surface area contributed by atoms with E-state index in [-0.39, 0.29) is 5.88 Å². The average molecular weight is 539 g/mol. The van der Waals surface area contributed by atoms with Crippen molar-refractivity contribution in [2.24, 2.45) is 4.99 Å². The van der Waals surface area contributed by atoms with Gasteiger partial charge < -0.3 is 9.15 Å². The molecule has 6 rings (SSSR count). The minimum absolute atomic E-state index is 0.247. The molecule has 5 aromatic carbocycles. The Bertz CT molecular complexity index is 1850. The van der Waals surface area contributed by atoms with Gasteiger partial charge in [0.25, 0.3) is 0 Å². The molecular weight excluding hydrogens is 516 g/mol. The van der Waals surface area contributed by atoms with Crippen LogP contribution in [0.5, 0.6) is 5.75 Å². The largest absolute Gasteiger partial charge is 0.488 e. The first-order chi connectivity index (χ1) is 19.7. The van der Waals surface area contributed by atoms with Crippen LogP contribution in [0.1, 0.15) is 16.7 Å². The van der Waals surface area contributed by atoms with E-state index in [2.05, 4.69) is 6.07 Å². The summed E-state index contributed by atoms with van der Waals surface area (Å²) in [7, 11) is 0. The number of rotatable bonds is 7. The number of hydrogen-bond acceptors (Lipinski definition) is 4. The smallest absolute Gasteiger partial charge is 0.238 e. The van der Waals surface area contributed by atoms with Crippen molar-refractivity contribution in [1.82, 2.24) is 0 Å². The van der Waals surface area contributed by atoms with E-state index in [9.17, 15) is 5.26 Å². The molecule has 0 atom stereocenters. The third-order valence-electron chi connectivity index (χ3n) is 6.65. The quantitative estimate of drug-likeness (QED) is 0.190. The second-order valence-corrected chi connectivity index (χ2v) is 9.64. The lowest BCUT2D eigenvalue weighted by molar-refractivity contribution is 0.306. The molecule has 6 aromatic rings. The van der Waals surface area contributed by atoms with E-state index in [0.717, 1.165) is 38.6 Å². The van der Waals surface area contributed by atoms with E-state index in [1.165, 1.54) is 0 Å². The van der Waals surface area contributed by atoms with Crippen molar-refractivity contribution in [3.05, 3.63) is 143 Å². The Hall–Kier alpha value is -5.11. The van der Waals surface area contributed by atoms with Gasteiger partial charge in [-0.25, -0.2) is 4.99 Å². The third-order valence-corrected chi connectivity index (χ3v) is 6.90. The Morgan fingerprint density at radius 3 is 2.17 bits per heavy atom. The highest BCUT2D eigenvalue weighted by Crippen LogP contribution is 2.42. The molecule has 0 bridgehead atoms. The van der Waals surface area contributed by atoms with Gasteiger partial charge in [-0.15, -0.1) is 0 Å². The first-order valence-electron chi connectivity index (χ1n) is 12.8. The zero-order chi connectivity index (χ0) is 27.3. The fraction of sp³-hybridized carbons (Fsp3) is 0.0286. The summed E-state index contributed by atoms with van der Waals surface area (Å²) in [6, 6.07) is 41.5. The molecule has 5 heteroatoms. The Morgan fingerprint density at radius 1 is 0.775 bits per heavy atom. The van der Waals surface area contributed by atoms with Crippen molar-refractivity contribution in [2.75, 3.05) is 0 Å². The first-order valence-corrected chi connectivity index (χ1v) is 13.2. The van der Waals surface area contributed by atoms with Gasteiger partial charge in [0.15, 0.2) is 0 Å². The van der Waals surface area contributed by atoms with Crippen molar-refractivity contribution in [2.45, 2.75) is 6.61 Å². The van der Waals surface area contributed by atoms with E-state index in [1.54, 1.807) is 6.21 Å². The SMILES string of the molecule is N#Cc1c(N=Cc2c(OCc3ccc(Cl)cc3)ccc3ccccc23)oc(-c2ccccc2)c1-c1ccccc1. The topological polar surface area (TPSA) is 58.5 Å². The van der Waals surface area contributed by atoms with Gasteiger partial charge in [0.1, 0.15) is 29.7 Å². The number of hydrogen-bond donors (Lipinski definition) is 0. The molecule has 0 spiro atoms. The van der Waals surface area contributed by atoms with Crippen molar-refractivity contribution in [3.63, 3.8) is 0 Å². The summed E-state index contributed by atoms with van der Waals surface area (Å²) in [6.45, 7) is 0.372.